The van der Waals surface area contributed by atoms with Crippen molar-refractivity contribution in [1.29, 1.82) is 5.26 Å². The van der Waals surface area contributed by atoms with E-state index in [1.54, 1.807) is 36.4 Å². The molecule has 0 aliphatic rings. The molecule has 0 heterocycles. The molecule has 1 N–H and O–H groups in total. The van der Waals surface area contributed by atoms with Crippen molar-refractivity contribution in [2.75, 3.05) is 0 Å². The number of phenolic OH excluding ortho intramolecular Hbond substituents is 1. The van der Waals surface area contributed by atoms with E-state index in [0.717, 1.165) is 0 Å². The second kappa shape index (κ2) is 5.15. The predicted octanol–water partition coefficient (Wildman–Crippen LogP) is 2.69. The average Bonchev–Trinajstić information content (AvgIpc) is 2.41. The van der Waals surface area contributed by atoms with Crippen molar-refractivity contribution in [3.05, 3.63) is 65.2 Å². The minimum absolute atomic E-state index is 0.0154. The molecule has 2 aromatic carbocycles. The summed E-state index contributed by atoms with van der Waals surface area (Å²) >= 11 is 0. The van der Waals surface area contributed by atoms with Gasteiger partial charge in [0.15, 0.2) is 5.78 Å². The van der Waals surface area contributed by atoms with E-state index >= 15 is 0 Å². The predicted molar refractivity (Wildman–Crippen MR) is 67.3 cm³/mol. The van der Waals surface area contributed by atoms with E-state index in [1.807, 2.05) is 12.1 Å². The van der Waals surface area contributed by atoms with Crippen molar-refractivity contribution >= 4 is 5.78 Å². The molecule has 0 aromatic heterocycles. The Hall–Kier alpha value is -2.60. The Kier molecular flexibility index (Phi) is 3.40. The zero-order valence-corrected chi connectivity index (χ0v) is 9.63. The normalized spacial score (nSPS) is 9.72. The molecular formula is C15H11NO2. The molecule has 0 unspecified atom stereocenters. The zero-order chi connectivity index (χ0) is 13.0. The number of rotatable bonds is 3. The van der Waals surface area contributed by atoms with Crippen molar-refractivity contribution in [3.63, 3.8) is 0 Å². The number of hydrogen-bond donors (Lipinski definition) is 1. The number of phenols is 1. The van der Waals surface area contributed by atoms with Crippen LogP contribution in [-0.4, -0.2) is 10.9 Å². The SMILES string of the molecule is N#CCc1ccc(C(=O)c2ccccc2)cc1O. The summed E-state index contributed by atoms with van der Waals surface area (Å²) in [5.74, 6) is -0.160. The molecule has 0 saturated heterocycles. The molecule has 2 aromatic rings. The summed E-state index contributed by atoms with van der Waals surface area (Å²) in [5.41, 5.74) is 1.52. The lowest BCUT2D eigenvalue weighted by molar-refractivity contribution is 0.103. The van der Waals surface area contributed by atoms with Crippen molar-refractivity contribution in [3.8, 4) is 11.8 Å². The number of nitrogens with zero attached hydrogens (tertiary/aromatic N) is 1. The van der Waals surface area contributed by atoms with Gasteiger partial charge in [-0.25, -0.2) is 0 Å². The van der Waals surface area contributed by atoms with E-state index < -0.39 is 0 Å². The molecular weight excluding hydrogens is 226 g/mol. The van der Waals surface area contributed by atoms with Gasteiger partial charge in [0.05, 0.1) is 12.5 Å². The summed E-state index contributed by atoms with van der Waals surface area (Å²) in [6, 6.07) is 15.5. The highest BCUT2D eigenvalue weighted by Gasteiger charge is 2.10. The van der Waals surface area contributed by atoms with Gasteiger partial charge in [-0.2, -0.15) is 5.26 Å². The monoisotopic (exact) mass is 237 g/mol. The first-order valence-corrected chi connectivity index (χ1v) is 5.51. The summed E-state index contributed by atoms with van der Waals surface area (Å²) in [7, 11) is 0. The van der Waals surface area contributed by atoms with Crippen LogP contribution >= 0.6 is 0 Å². The van der Waals surface area contributed by atoms with Gasteiger partial charge in [0.2, 0.25) is 0 Å². The van der Waals surface area contributed by atoms with Gasteiger partial charge >= 0.3 is 0 Å². The van der Waals surface area contributed by atoms with E-state index in [4.69, 9.17) is 5.26 Å². The lowest BCUT2D eigenvalue weighted by Crippen LogP contribution is -2.01. The van der Waals surface area contributed by atoms with Gasteiger partial charge in [-0.1, -0.05) is 42.5 Å². The van der Waals surface area contributed by atoms with Crippen molar-refractivity contribution in [1.82, 2.24) is 0 Å². The topological polar surface area (TPSA) is 61.1 Å². The van der Waals surface area contributed by atoms with Crippen molar-refractivity contribution < 1.29 is 9.90 Å². The number of carbonyl (C=O) groups is 1. The molecule has 3 nitrogen and oxygen atoms in total. The number of ketones is 1. The van der Waals surface area contributed by atoms with E-state index in [-0.39, 0.29) is 18.0 Å². The third-order valence-corrected chi connectivity index (χ3v) is 2.65. The molecule has 88 valence electrons. The second-order valence-electron chi connectivity index (χ2n) is 3.87. The first-order valence-electron chi connectivity index (χ1n) is 5.51. The zero-order valence-electron chi connectivity index (χ0n) is 9.63. The highest BCUT2D eigenvalue weighted by atomic mass is 16.3. The van der Waals surface area contributed by atoms with Gasteiger partial charge < -0.3 is 5.11 Å². The third-order valence-electron chi connectivity index (χ3n) is 2.65. The van der Waals surface area contributed by atoms with Crippen LogP contribution in [0, 0.1) is 11.3 Å². The molecule has 0 aliphatic carbocycles. The van der Waals surface area contributed by atoms with Crippen LogP contribution in [0.15, 0.2) is 48.5 Å². The van der Waals surface area contributed by atoms with Gasteiger partial charge in [-0.05, 0) is 6.07 Å². The van der Waals surface area contributed by atoms with Crippen molar-refractivity contribution in [2.45, 2.75) is 6.42 Å². The Morgan fingerprint density at radius 3 is 2.44 bits per heavy atom. The molecule has 0 atom stereocenters. The fourth-order valence-corrected chi connectivity index (χ4v) is 1.70. The average molecular weight is 237 g/mol. The Bertz CT molecular complexity index is 612. The molecule has 0 aliphatic heterocycles. The van der Waals surface area contributed by atoms with Crippen LogP contribution in [0.25, 0.3) is 0 Å². The summed E-state index contributed by atoms with van der Waals surface area (Å²) in [4.78, 5) is 12.1. The van der Waals surface area contributed by atoms with E-state index in [9.17, 15) is 9.90 Å². The highest BCUT2D eigenvalue weighted by Crippen LogP contribution is 2.21. The van der Waals surface area contributed by atoms with Crippen molar-refractivity contribution in [2.24, 2.45) is 0 Å². The van der Waals surface area contributed by atoms with Crippen LogP contribution in [0.1, 0.15) is 21.5 Å². The number of benzene rings is 2. The summed E-state index contributed by atoms with van der Waals surface area (Å²) in [6.45, 7) is 0. The Labute approximate surface area is 105 Å². The van der Waals surface area contributed by atoms with Crippen LogP contribution in [0.2, 0.25) is 0 Å². The number of hydrogen-bond acceptors (Lipinski definition) is 3. The van der Waals surface area contributed by atoms with Gasteiger partial charge in [0.1, 0.15) is 5.75 Å². The standard InChI is InChI=1S/C15H11NO2/c16-9-8-11-6-7-13(10-14(11)17)15(18)12-4-2-1-3-5-12/h1-7,10,17H,8H2. The Morgan fingerprint density at radius 1 is 1.11 bits per heavy atom. The fraction of sp³-hybridized carbons (Fsp3) is 0.0667. The molecule has 3 heteroatoms. The summed E-state index contributed by atoms with van der Waals surface area (Å²) < 4.78 is 0. The van der Waals surface area contributed by atoms with Crippen LogP contribution in [-0.2, 0) is 6.42 Å². The molecule has 2 rings (SSSR count). The molecule has 0 radical (unpaired) electrons. The number of aromatic hydroxyl groups is 1. The lowest BCUT2D eigenvalue weighted by Gasteiger charge is -2.04. The fourth-order valence-electron chi connectivity index (χ4n) is 1.70. The summed E-state index contributed by atoms with van der Waals surface area (Å²) in [6.07, 6.45) is 0.131. The maximum atomic E-state index is 12.1. The number of carbonyl (C=O) groups excluding carboxylic acids is 1. The van der Waals surface area contributed by atoms with Crippen LogP contribution in [0.4, 0.5) is 0 Å². The van der Waals surface area contributed by atoms with Gasteiger partial charge in [-0.15, -0.1) is 0 Å². The highest BCUT2D eigenvalue weighted by molar-refractivity contribution is 6.09. The van der Waals surface area contributed by atoms with E-state index in [0.29, 0.717) is 16.7 Å². The summed E-state index contributed by atoms with van der Waals surface area (Å²) in [5, 5.41) is 18.3. The maximum absolute atomic E-state index is 12.1. The van der Waals surface area contributed by atoms with Gasteiger partial charge in [0, 0.05) is 16.7 Å². The minimum atomic E-state index is -0.144. The molecule has 0 amide bonds. The molecule has 0 bridgehead atoms. The van der Waals surface area contributed by atoms with Gasteiger partial charge in [0.25, 0.3) is 0 Å². The van der Waals surface area contributed by atoms with Crippen LogP contribution < -0.4 is 0 Å². The van der Waals surface area contributed by atoms with Crippen LogP contribution in [0.3, 0.4) is 0 Å². The number of nitriles is 1. The smallest absolute Gasteiger partial charge is 0.193 e. The molecule has 0 fully saturated rings. The largest absolute Gasteiger partial charge is 0.508 e. The molecule has 0 saturated carbocycles. The van der Waals surface area contributed by atoms with Gasteiger partial charge in [-0.3, -0.25) is 4.79 Å². The molecule has 0 spiro atoms. The van der Waals surface area contributed by atoms with Crippen LogP contribution in [0.5, 0.6) is 5.75 Å². The first-order chi connectivity index (χ1) is 8.72. The quantitative estimate of drug-likeness (QED) is 0.835. The van der Waals surface area contributed by atoms with E-state index in [2.05, 4.69) is 0 Å². The first kappa shape index (κ1) is 11.9. The second-order valence-corrected chi connectivity index (χ2v) is 3.87. The minimum Gasteiger partial charge on any atom is -0.508 e. The molecule has 18 heavy (non-hydrogen) atoms. The Balaban J connectivity index is 2.33. The third kappa shape index (κ3) is 2.38. The maximum Gasteiger partial charge on any atom is 0.193 e. The Morgan fingerprint density at radius 2 is 1.83 bits per heavy atom. The lowest BCUT2D eigenvalue weighted by atomic mass is 10.0. The van der Waals surface area contributed by atoms with E-state index in [1.165, 1.54) is 6.07 Å².